The number of hydrogen-bond acceptors (Lipinski definition) is 8. The van der Waals surface area contributed by atoms with Gasteiger partial charge in [-0.05, 0) is 30.0 Å². The Kier molecular flexibility index (Phi) is 7.45. The number of ether oxygens (including phenoxy) is 1. The first kappa shape index (κ1) is 23.0. The maximum Gasteiger partial charge on any atom is 0.236 e. The Morgan fingerprint density at radius 2 is 1.97 bits per heavy atom. The van der Waals surface area contributed by atoms with Crippen LogP contribution in [0.2, 0.25) is 0 Å². The zero-order chi connectivity index (χ0) is 22.4. The molecular formula is C21H26N6O2S2. The van der Waals surface area contributed by atoms with Crippen LogP contribution in [0, 0.1) is 6.92 Å². The molecule has 0 bridgehead atoms. The molecular weight excluding hydrogens is 432 g/mol. The minimum Gasteiger partial charge on any atom is -0.486 e. The minimum atomic E-state index is -0.175. The molecule has 0 aliphatic heterocycles. The fourth-order valence-corrected chi connectivity index (χ4v) is 4.05. The first-order valence-corrected chi connectivity index (χ1v) is 11.6. The topological polar surface area (TPSA) is 94.8 Å². The van der Waals surface area contributed by atoms with Crippen molar-refractivity contribution in [1.29, 1.82) is 0 Å². The first-order valence-electron chi connectivity index (χ1n) is 9.75. The molecule has 2 heterocycles. The van der Waals surface area contributed by atoms with Crippen molar-refractivity contribution < 1.29 is 9.53 Å². The number of hydrogen-bond donors (Lipinski definition) is 1. The van der Waals surface area contributed by atoms with Gasteiger partial charge in [-0.15, -0.1) is 27.0 Å². The lowest BCUT2D eigenvalue weighted by Gasteiger charge is -2.19. The van der Waals surface area contributed by atoms with Crippen molar-refractivity contribution in [3.63, 3.8) is 0 Å². The third-order valence-electron chi connectivity index (χ3n) is 4.30. The number of rotatable bonds is 9. The van der Waals surface area contributed by atoms with E-state index >= 15 is 0 Å². The van der Waals surface area contributed by atoms with Crippen molar-refractivity contribution in [1.82, 2.24) is 25.0 Å². The Labute approximate surface area is 190 Å². The molecule has 0 saturated carbocycles. The minimum absolute atomic E-state index is 0.0932. The predicted molar refractivity (Wildman–Crippen MR) is 124 cm³/mol. The molecule has 2 aromatic heterocycles. The normalized spacial score (nSPS) is 11.4. The van der Waals surface area contributed by atoms with Crippen LogP contribution in [0.1, 0.15) is 37.2 Å². The molecule has 0 atom stereocenters. The number of thioether (sulfide) groups is 1. The van der Waals surface area contributed by atoms with Gasteiger partial charge in [0.1, 0.15) is 17.4 Å². The van der Waals surface area contributed by atoms with E-state index in [0.717, 1.165) is 10.8 Å². The highest BCUT2D eigenvalue weighted by Crippen LogP contribution is 2.25. The molecule has 164 valence electrons. The first-order chi connectivity index (χ1) is 14.8. The largest absolute Gasteiger partial charge is 0.486 e. The summed E-state index contributed by atoms with van der Waals surface area (Å²) in [5.74, 6) is 1.44. The van der Waals surface area contributed by atoms with Gasteiger partial charge in [-0.1, -0.05) is 62.1 Å². The average molecular weight is 459 g/mol. The zero-order valence-corrected chi connectivity index (χ0v) is 19.7. The summed E-state index contributed by atoms with van der Waals surface area (Å²) in [6.07, 6.45) is 1.76. The lowest BCUT2D eigenvalue weighted by molar-refractivity contribution is -0.113. The number of nitrogens with zero attached hydrogens (tertiary/aromatic N) is 5. The van der Waals surface area contributed by atoms with E-state index in [9.17, 15) is 4.79 Å². The molecule has 0 saturated heterocycles. The molecule has 3 rings (SSSR count). The zero-order valence-electron chi connectivity index (χ0n) is 18.1. The van der Waals surface area contributed by atoms with E-state index < -0.39 is 0 Å². The maximum absolute atomic E-state index is 12.2. The number of nitrogens with one attached hydrogen (secondary N) is 1. The average Bonchev–Trinajstić information content (AvgIpc) is 3.30. The van der Waals surface area contributed by atoms with Gasteiger partial charge in [-0.3, -0.25) is 14.7 Å². The molecule has 1 N–H and O–H groups in total. The van der Waals surface area contributed by atoms with Crippen molar-refractivity contribution in [3.8, 4) is 5.75 Å². The molecule has 8 nitrogen and oxygen atoms in total. The quantitative estimate of drug-likeness (QED) is 0.379. The van der Waals surface area contributed by atoms with Crippen LogP contribution in [-0.4, -0.2) is 36.6 Å². The van der Waals surface area contributed by atoms with Gasteiger partial charge >= 0.3 is 0 Å². The second-order valence-electron chi connectivity index (χ2n) is 7.82. The summed E-state index contributed by atoms with van der Waals surface area (Å²) in [6.45, 7) is 13.0. The summed E-state index contributed by atoms with van der Waals surface area (Å²) in [6, 6.07) is 8.07. The third kappa shape index (κ3) is 6.38. The molecule has 3 aromatic rings. The van der Waals surface area contributed by atoms with Gasteiger partial charge in [0.05, 0.1) is 5.75 Å². The number of anilines is 1. The summed E-state index contributed by atoms with van der Waals surface area (Å²) in [7, 11) is 0. The van der Waals surface area contributed by atoms with Crippen molar-refractivity contribution >= 4 is 34.1 Å². The van der Waals surface area contributed by atoms with Gasteiger partial charge in [-0.25, -0.2) is 0 Å². The third-order valence-corrected chi connectivity index (χ3v) is 6.02. The standard InChI is InChI=1S/C21H26N6O2S2/c1-6-11-27-17(12-29-16-9-7-15(8-10-16)21(3,4)5)24-26-20(27)30-13-18(28)22-19-25-23-14(2)31-19/h6-10H,1,11-13H2,2-5H3,(H,22,25,28). The van der Waals surface area contributed by atoms with E-state index in [2.05, 4.69) is 65.2 Å². The maximum atomic E-state index is 12.2. The summed E-state index contributed by atoms with van der Waals surface area (Å²) in [5, 5.41) is 20.9. The van der Waals surface area contributed by atoms with Gasteiger partial charge in [0.25, 0.3) is 0 Å². The number of benzene rings is 1. The Morgan fingerprint density at radius 1 is 1.23 bits per heavy atom. The van der Waals surface area contributed by atoms with E-state index in [-0.39, 0.29) is 23.7 Å². The molecule has 0 fully saturated rings. The number of aryl methyl sites for hydroxylation is 1. The fraction of sp³-hybridized carbons (Fsp3) is 0.381. The van der Waals surface area contributed by atoms with Crippen molar-refractivity contribution in [2.45, 2.75) is 51.4 Å². The highest BCUT2D eigenvalue weighted by molar-refractivity contribution is 7.99. The predicted octanol–water partition coefficient (Wildman–Crippen LogP) is 4.23. The van der Waals surface area contributed by atoms with Crippen LogP contribution >= 0.6 is 23.1 Å². The van der Waals surface area contributed by atoms with Crippen molar-refractivity contribution in [2.24, 2.45) is 0 Å². The summed E-state index contributed by atoms with van der Waals surface area (Å²) in [5.41, 5.74) is 1.34. The van der Waals surface area contributed by atoms with Crippen LogP contribution in [0.4, 0.5) is 5.13 Å². The highest BCUT2D eigenvalue weighted by atomic mass is 32.2. The van der Waals surface area contributed by atoms with E-state index in [1.54, 1.807) is 6.08 Å². The van der Waals surface area contributed by atoms with Crippen LogP contribution in [0.15, 0.2) is 42.1 Å². The number of amides is 1. The summed E-state index contributed by atoms with van der Waals surface area (Å²) < 4.78 is 7.80. The van der Waals surface area contributed by atoms with Gasteiger partial charge in [0.2, 0.25) is 11.0 Å². The fourth-order valence-electron chi connectivity index (χ4n) is 2.68. The molecule has 0 aliphatic rings. The summed E-state index contributed by atoms with van der Waals surface area (Å²) in [4.78, 5) is 12.2. The van der Waals surface area contributed by atoms with E-state index in [1.807, 2.05) is 23.6 Å². The van der Waals surface area contributed by atoms with Crippen LogP contribution < -0.4 is 10.1 Å². The number of allylic oxidation sites excluding steroid dienone is 1. The molecule has 10 heteroatoms. The van der Waals surface area contributed by atoms with E-state index in [4.69, 9.17) is 4.74 Å². The van der Waals surface area contributed by atoms with Crippen molar-refractivity contribution in [2.75, 3.05) is 11.1 Å². The highest BCUT2D eigenvalue weighted by Gasteiger charge is 2.16. The molecule has 31 heavy (non-hydrogen) atoms. The molecule has 0 unspecified atom stereocenters. The Hall–Kier alpha value is -2.72. The van der Waals surface area contributed by atoms with Gasteiger partial charge in [0.15, 0.2) is 11.0 Å². The molecule has 1 aromatic carbocycles. The van der Waals surface area contributed by atoms with Gasteiger partial charge in [-0.2, -0.15) is 0 Å². The number of aromatic nitrogens is 5. The lowest BCUT2D eigenvalue weighted by atomic mass is 9.87. The monoisotopic (exact) mass is 458 g/mol. The van der Waals surface area contributed by atoms with Crippen LogP contribution in [-0.2, 0) is 23.4 Å². The van der Waals surface area contributed by atoms with Gasteiger partial charge < -0.3 is 4.74 Å². The smallest absolute Gasteiger partial charge is 0.236 e. The Balaban J connectivity index is 1.60. The lowest BCUT2D eigenvalue weighted by Crippen LogP contribution is -2.15. The number of carbonyl (C=O) groups excluding carboxylic acids is 1. The van der Waals surface area contributed by atoms with Crippen LogP contribution in [0.25, 0.3) is 0 Å². The number of carbonyl (C=O) groups is 1. The van der Waals surface area contributed by atoms with E-state index in [1.165, 1.54) is 28.7 Å². The second kappa shape index (κ2) is 10.1. The molecule has 0 spiro atoms. The Morgan fingerprint density at radius 3 is 2.58 bits per heavy atom. The Bertz CT molecular complexity index is 1040. The van der Waals surface area contributed by atoms with Gasteiger partial charge in [0, 0.05) is 6.54 Å². The summed E-state index contributed by atoms with van der Waals surface area (Å²) >= 11 is 2.63. The SMILES string of the molecule is C=CCn1c(COc2ccc(C(C)(C)C)cc2)nnc1SCC(=O)Nc1nnc(C)s1. The van der Waals surface area contributed by atoms with Crippen LogP contribution in [0.3, 0.4) is 0 Å². The van der Waals surface area contributed by atoms with Crippen molar-refractivity contribution in [3.05, 3.63) is 53.3 Å². The second-order valence-corrected chi connectivity index (χ2v) is 9.95. The molecule has 0 radical (unpaired) electrons. The molecule has 0 aliphatic carbocycles. The van der Waals surface area contributed by atoms with E-state index in [0.29, 0.717) is 22.7 Å². The van der Waals surface area contributed by atoms with Crippen LogP contribution in [0.5, 0.6) is 5.75 Å². The molecule has 1 amide bonds.